The molecule has 0 amide bonds. The Hall–Kier alpha value is -0.470. The molecule has 0 radical (unpaired) electrons. The zero-order valence-corrected chi connectivity index (χ0v) is 13.2. The second-order valence-corrected chi connectivity index (χ2v) is 7.15. The maximum Gasteiger partial charge on any atom is 0.0230 e. The smallest absolute Gasteiger partial charge is 0.0230 e. The molecule has 0 bridgehead atoms. The summed E-state index contributed by atoms with van der Waals surface area (Å²) >= 11 is 2.15. The molecule has 1 aliphatic rings. The fourth-order valence-corrected chi connectivity index (χ4v) is 4.79. The van der Waals surface area contributed by atoms with Crippen LogP contribution in [0, 0.1) is 11.8 Å². The van der Waals surface area contributed by atoms with E-state index >= 15 is 0 Å². The standard InChI is InChI=1S/C17H27NS/c1-4-18-16-11-13(2)10-14(3)17(16)19-12-15-8-6-5-7-9-15/h5-9,13-14,16-18H,4,10-12H2,1-3H3. The average molecular weight is 277 g/mol. The molecule has 4 atom stereocenters. The summed E-state index contributed by atoms with van der Waals surface area (Å²) < 4.78 is 0. The van der Waals surface area contributed by atoms with E-state index in [4.69, 9.17) is 0 Å². The van der Waals surface area contributed by atoms with Gasteiger partial charge in [0.2, 0.25) is 0 Å². The van der Waals surface area contributed by atoms with Gasteiger partial charge >= 0.3 is 0 Å². The van der Waals surface area contributed by atoms with Crippen LogP contribution in [-0.2, 0) is 5.75 Å². The third kappa shape index (κ3) is 4.25. The molecule has 0 aromatic heterocycles. The summed E-state index contributed by atoms with van der Waals surface area (Å²) in [6.45, 7) is 8.15. The van der Waals surface area contributed by atoms with Gasteiger partial charge in [-0.15, -0.1) is 0 Å². The van der Waals surface area contributed by atoms with Crippen molar-refractivity contribution in [2.75, 3.05) is 6.54 Å². The van der Waals surface area contributed by atoms with Gasteiger partial charge in [0, 0.05) is 17.0 Å². The van der Waals surface area contributed by atoms with Gasteiger partial charge in [0.05, 0.1) is 0 Å². The molecule has 19 heavy (non-hydrogen) atoms. The minimum absolute atomic E-state index is 0.692. The lowest BCUT2D eigenvalue weighted by atomic mass is 9.80. The van der Waals surface area contributed by atoms with Gasteiger partial charge in [0.15, 0.2) is 0 Å². The Kier molecular flexibility index (Phi) is 5.77. The van der Waals surface area contributed by atoms with E-state index in [1.54, 1.807) is 0 Å². The molecule has 0 aliphatic heterocycles. The number of hydrogen-bond acceptors (Lipinski definition) is 2. The fourth-order valence-electron chi connectivity index (χ4n) is 3.34. The van der Waals surface area contributed by atoms with Crippen LogP contribution in [0.3, 0.4) is 0 Å². The summed E-state index contributed by atoms with van der Waals surface area (Å²) in [5, 5.41) is 4.47. The highest BCUT2D eigenvalue weighted by atomic mass is 32.2. The summed E-state index contributed by atoms with van der Waals surface area (Å²) in [6, 6.07) is 11.6. The zero-order chi connectivity index (χ0) is 13.7. The van der Waals surface area contributed by atoms with E-state index in [1.165, 1.54) is 18.4 Å². The Bertz CT molecular complexity index is 365. The van der Waals surface area contributed by atoms with Crippen LogP contribution in [0.5, 0.6) is 0 Å². The van der Waals surface area contributed by atoms with Crippen molar-refractivity contribution < 1.29 is 0 Å². The van der Waals surface area contributed by atoms with Gasteiger partial charge in [-0.25, -0.2) is 0 Å². The topological polar surface area (TPSA) is 12.0 Å². The van der Waals surface area contributed by atoms with Crippen LogP contribution < -0.4 is 5.32 Å². The van der Waals surface area contributed by atoms with E-state index in [2.05, 4.69) is 68.2 Å². The Morgan fingerprint density at radius 2 is 1.89 bits per heavy atom. The molecule has 2 rings (SSSR count). The Labute approximate surface area is 122 Å². The SMILES string of the molecule is CCNC1CC(C)CC(C)C1SCc1ccccc1. The van der Waals surface area contributed by atoms with Gasteiger partial charge in [-0.2, -0.15) is 11.8 Å². The highest BCUT2D eigenvalue weighted by Gasteiger charge is 2.33. The fraction of sp³-hybridized carbons (Fsp3) is 0.647. The van der Waals surface area contributed by atoms with E-state index in [9.17, 15) is 0 Å². The highest BCUT2D eigenvalue weighted by Crippen LogP contribution is 2.37. The van der Waals surface area contributed by atoms with Crippen LogP contribution in [0.2, 0.25) is 0 Å². The normalized spacial score (nSPS) is 31.3. The van der Waals surface area contributed by atoms with E-state index in [1.807, 2.05) is 0 Å². The summed E-state index contributed by atoms with van der Waals surface area (Å²) in [5.74, 6) is 2.83. The molecule has 0 saturated heterocycles. The predicted molar refractivity (Wildman–Crippen MR) is 86.6 cm³/mol. The van der Waals surface area contributed by atoms with Gasteiger partial charge in [-0.1, -0.05) is 51.1 Å². The zero-order valence-electron chi connectivity index (χ0n) is 12.4. The van der Waals surface area contributed by atoms with Crippen molar-refractivity contribution in [3.63, 3.8) is 0 Å². The van der Waals surface area contributed by atoms with Crippen LogP contribution in [0.15, 0.2) is 30.3 Å². The highest BCUT2D eigenvalue weighted by molar-refractivity contribution is 7.99. The van der Waals surface area contributed by atoms with Gasteiger partial charge in [0.1, 0.15) is 0 Å². The molecule has 1 nitrogen and oxygen atoms in total. The van der Waals surface area contributed by atoms with E-state index < -0.39 is 0 Å². The van der Waals surface area contributed by atoms with Gasteiger partial charge in [-0.05, 0) is 36.8 Å². The number of thioether (sulfide) groups is 1. The number of rotatable bonds is 5. The molecule has 106 valence electrons. The molecule has 2 heteroatoms. The van der Waals surface area contributed by atoms with Gasteiger partial charge in [0.25, 0.3) is 0 Å². The van der Waals surface area contributed by atoms with Crippen molar-refractivity contribution in [2.45, 2.75) is 50.7 Å². The van der Waals surface area contributed by atoms with Crippen LogP contribution >= 0.6 is 11.8 Å². The monoisotopic (exact) mass is 277 g/mol. The van der Waals surface area contributed by atoms with Crippen LogP contribution in [0.1, 0.15) is 39.2 Å². The van der Waals surface area contributed by atoms with Crippen LogP contribution in [-0.4, -0.2) is 17.8 Å². The molecule has 1 saturated carbocycles. The van der Waals surface area contributed by atoms with Crippen LogP contribution in [0.25, 0.3) is 0 Å². The molecule has 1 fully saturated rings. The Morgan fingerprint density at radius 1 is 1.16 bits per heavy atom. The number of benzene rings is 1. The van der Waals surface area contributed by atoms with Crippen molar-refractivity contribution >= 4 is 11.8 Å². The summed E-state index contributed by atoms with van der Waals surface area (Å²) in [5.41, 5.74) is 1.45. The molecule has 0 spiro atoms. The van der Waals surface area contributed by atoms with Crippen molar-refractivity contribution in [1.29, 1.82) is 0 Å². The van der Waals surface area contributed by atoms with Crippen LogP contribution in [0.4, 0.5) is 0 Å². The van der Waals surface area contributed by atoms with Crippen molar-refractivity contribution in [1.82, 2.24) is 5.32 Å². The van der Waals surface area contributed by atoms with E-state index in [-0.39, 0.29) is 0 Å². The maximum absolute atomic E-state index is 3.71. The van der Waals surface area contributed by atoms with Crippen molar-refractivity contribution in [3.8, 4) is 0 Å². The molecule has 0 heterocycles. The summed E-state index contributed by atoms with van der Waals surface area (Å²) in [4.78, 5) is 0. The van der Waals surface area contributed by atoms with Crippen molar-refractivity contribution in [3.05, 3.63) is 35.9 Å². The molecule has 1 aromatic rings. The lowest BCUT2D eigenvalue weighted by Crippen LogP contribution is -2.46. The van der Waals surface area contributed by atoms with E-state index in [0.717, 1.165) is 29.4 Å². The Morgan fingerprint density at radius 3 is 2.58 bits per heavy atom. The number of nitrogens with one attached hydrogen (secondary N) is 1. The maximum atomic E-state index is 3.71. The third-order valence-corrected chi connectivity index (χ3v) is 5.82. The first-order valence-corrected chi connectivity index (χ1v) is 8.64. The molecular formula is C17H27NS. The second-order valence-electron chi connectivity index (χ2n) is 5.98. The van der Waals surface area contributed by atoms with Gasteiger partial charge in [-0.3, -0.25) is 0 Å². The first-order chi connectivity index (χ1) is 9.20. The minimum atomic E-state index is 0.692. The molecule has 1 N–H and O–H groups in total. The summed E-state index contributed by atoms with van der Waals surface area (Å²) in [7, 11) is 0. The number of hydrogen-bond donors (Lipinski definition) is 1. The van der Waals surface area contributed by atoms with Crippen molar-refractivity contribution in [2.24, 2.45) is 11.8 Å². The second kappa shape index (κ2) is 7.35. The van der Waals surface area contributed by atoms with E-state index in [0.29, 0.717) is 6.04 Å². The lowest BCUT2D eigenvalue weighted by Gasteiger charge is -2.39. The average Bonchev–Trinajstić information content (AvgIpc) is 2.39. The summed E-state index contributed by atoms with van der Waals surface area (Å²) in [6.07, 6.45) is 2.72. The third-order valence-electron chi connectivity index (χ3n) is 4.14. The predicted octanol–water partition coefficient (Wildman–Crippen LogP) is 4.33. The molecular weight excluding hydrogens is 250 g/mol. The quantitative estimate of drug-likeness (QED) is 0.859. The van der Waals surface area contributed by atoms with Gasteiger partial charge < -0.3 is 5.32 Å². The largest absolute Gasteiger partial charge is 0.313 e. The first-order valence-electron chi connectivity index (χ1n) is 7.59. The minimum Gasteiger partial charge on any atom is -0.313 e. The lowest BCUT2D eigenvalue weighted by molar-refractivity contribution is 0.251. The Balaban J connectivity index is 1.95. The molecule has 4 unspecified atom stereocenters. The molecule has 1 aromatic carbocycles. The molecule has 1 aliphatic carbocycles. The first kappa shape index (κ1) is 14.9.